The Kier molecular flexibility index (Phi) is 2.24. The predicted molar refractivity (Wildman–Crippen MR) is 66.1 cm³/mol. The van der Waals surface area contributed by atoms with Gasteiger partial charge in [0.25, 0.3) is 0 Å². The Hall–Kier alpha value is -2.14. The van der Waals surface area contributed by atoms with E-state index in [0.717, 1.165) is 11.1 Å². The lowest BCUT2D eigenvalue weighted by atomic mass is 10.1. The van der Waals surface area contributed by atoms with Gasteiger partial charge in [-0.3, -0.25) is 9.69 Å². The second-order valence-corrected chi connectivity index (χ2v) is 4.51. The maximum Gasteiger partial charge on any atom is 0.327 e. The molecular formula is C13H12N2O3. The molecule has 1 aromatic carbocycles. The average molecular weight is 244 g/mol. The quantitative estimate of drug-likeness (QED) is 0.748. The van der Waals surface area contributed by atoms with Gasteiger partial charge in [-0.05, 0) is 11.1 Å². The molecule has 3 N–H and O–H groups in total. The molecule has 2 aliphatic rings. The molecule has 0 aromatic heterocycles. The number of nitrogens with two attached hydrogens (primary N) is 1. The highest BCUT2D eigenvalue weighted by atomic mass is 16.4. The topological polar surface area (TPSA) is 83.6 Å². The van der Waals surface area contributed by atoms with Crippen LogP contribution in [0.15, 0.2) is 24.3 Å². The molecule has 0 spiro atoms. The number of carboxylic acid groups (broad SMARTS) is 1. The monoisotopic (exact) mass is 244 g/mol. The Morgan fingerprint density at radius 2 is 2.22 bits per heavy atom. The van der Waals surface area contributed by atoms with Crippen LogP contribution < -0.4 is 10.6 Å². The highest BCUT2D eigenvalue weighted by Crippen LogP contribution is 2.38. The lowest BCUT2D eigenvalue weighted by Gasteiger charge is -2.24. The first-order valence-corrected chi connectivity index (χ1v) is 5.71. The Bertz CT molecular complexity index is 580. The molecule has 5 heteroatoms. The van der Waals surface area contributed by atoms with Crippen molar-refractivity contribution in [2.75, 3.05) is 4.90 Å². The van der Waals surface area contributed by atoms with Gasteiger partial charge in [-0.25, -0.2) is 4.79 Å². The number of aliphatic carboxylic acids is 1. The fourth-order valence-corrected chi connectivity index (χ4v) is 2.57. The highest BCUT2D eigenvalue weighted by molar-refractivity contribution is 6.08. The van der Waals surface area contributed by atoms with Gasteiger partial charge in [-0.15, -0.1) is 0 Å². The largest absolute Gasteiger partial charge is 0.480 e. The number of carboxylic acids is 1. The van der Waals surface area contributed by atoms with Crippen LogP contribution in [0.3, 0.4) is 0 Å². The van der Waals surface area contributed by atoms with Crippen molar-refractivity contribution in [2.24, 2.45) is 5.73 Å². The van der Waals surface area contributed by atoms with E-state index in [1.165, 1.54) is 4.90 Å². The third-order valence-electron chi connectivity index (χ3n) is 3.41. The van der Waals surface area contributed by atoms with Crippen LogP contribution in [-0.4, -0.2) is 29.1 Å². The number of amides is 1. The second-order valence-electron chi connectivity index (χ2n) is 4.51. The lowest BCUT2D eigenvalue weighted by Crippen LogP contribution is -2.49. The molecule has 2 heterocycles. The molecule has 0 fully saturated rings. The highest BCUT2D eigenvalue weighted by Gasteiger charge is 2.41. The van der Waals surface area contributed by atoms with Gasteiger partial charge in [0.05, 0.1) is 5.69 Å². The zero-order chi connectivity index (χ0) is 12.9. The summed E-state index contributed by atoms with van der Waals surface area (Å²) in [6.07, 6.45) is 3.73. The molecule has 2 aliphatic heterocycles. The summed E-state index contributed by atoms with van der Waals surface area (Å²) in [5.41, 5.74) is 8.16. The maximum absolute atomic E-state index is 12.2. The fourth-order valence-electron chi connectivity index (χ4n) is 2.57. The molecule has 3 rings (SSSR count). The van der Waals surface area contributed by atoms with Crippen LogP contribution in [0.1, 0.15) is 11.1 Å². The first-order valence-electron chi connectivity index (χ1n) is 5.71. The number of carbonyl (C=O) groups is 2. The van der Waals surface area contributed by atoms with Gasteiger partial charge >= 0.3 is 5.97 Å². The van der Waals surface area contributed by atoms with Gasteiger partial charge in [-0.1, -0.05) is 30.4 Å². The Morgan fingerprint density at radius 3 is 2.94 bits per heavy atom. The molecule has 0 radical (unpaired) electrons. The molecule has 1 amide bonds. The van der Waals surface area contributed by atoms with Gasteiger partial charge in [0.2, 0.25) is 5.91 Å². The number of carbonyl (C=O) groups excluding carboxylic acids is 1. The van der Waals surface area contributed by atoms with Crippen molar-refractivity contribution in [1.29, 1.82) is 0 Å². The number of para-hydroxylation sites is 1. The van der Waals surface area contributed by atoms with Gasteiger partial charge < -0.3 is 10.8 Å². The lowest BCUT2D eigenvalue weighted by molar-refractivity contribution is -0.139. The molecule has 0 unspecified atom stereocenters. The van der Waals surface area contributed by atoms with Crippen LogP contribution in [0.4, 0.5) is 5.69 Å². The second kappa shape index (κ2) is 3.68. The number of hydrogen-bond acceptors (Lipinski definition) is 3. The zero-order valence-electron chi connectivity index (χ0n) is 9.54. The third-order valence-corrected chi connectivity index (χ3v) is 3.41. The molecule has 1 aromatic rings. The molecule has 18 heavy (non-hydrogen) atoms. The van der Waals surface area contributed by atoms with Crippen LogP contribution in [0, 0.1) is 0 Å². The van der Waals surface area contributed by atoms with E-state index >= 15 is 0 Å². The molecule has 0 saturated heterocycles. The molecule has 0 aliphatic carbocycles. The van der Waals surface area contributed by atoms with Crippen molar-refractivity contribution < 1.29 is 14.7 Å². The van der Waals surface area contributed by atoms with E-state index in [-0.39, 0.29) is 5.91 Å². The van der Waals surface area contributed by atoms with E-state index in [1.807, 2.05) is 18.2 Å². The first kappa shape index (κ1) is 11.0. The Labute approximate surface area is 104 Å². The van der Waals surface area contributed by atoms with Crippen molar-refractivity contribution in [1.82, 2.24) is 0 Å². The van der Waals surface area contributed by atoms with E-state index in [9.17, 15) is 14.7 Å². The van der Waals surface area contributed by atoms with E-state index in [0.29, 0.717) is 12.1 Å². The van der Waals surface area contributed by atoms with Crippen molar-refractivity contribution in [3.63, 3.8) is 0 Å². The van der Waals surface area contributed by atoms with Gasteiger partial charge in [-0.2, -0.15) is 0 Å². The molecular weight excluding hydrogens is 232 g/mol. The maximum atomic E-state index is 12.2. The first-order chi connectivity index (χ1) is 8.59. The summed E-state index contributed by atoms with van der Waals surface area (Å²) < 4.78 is 0. The van der Waals surface area contributed by atoms with Gasteiger partial charge in [0, 0.05) is 6.42 Å². The molecule has 5 nitrogen and oxygen atoms in total. The Balaban J connectivity index is 2.22. The zero-order valence-corrected chi connectivity index (χ0v) is 9.54. The number of nitrogens with zero attached hydrogens (tertiary/aromatic N) is 1. The smallest absolute Gasteiger partial charge is 0.327 e. The number of rotatable bonds is 1. The van der Waals surface area contributed by atoms with Crippen molar-refractivity contribution in [2.45, 2.75) is 18.5 Å². The molecule has 92 valence electrons. The van der Waals surface area contributed by atoms with E-state index in [1.54, 1.807) is 12.2 Å². The number of hydrogen-bond donors (Lipinski definition) is 2. The van der Waals surface area contributed by atoms with Crippen LogP contribution in [0.5, 0.6) is 0 Å². The van der Waals surface area contributed by atoms with Crippen molar-refractivity contribution in [3.05, 3.63) is 35.4 Å². The fraction of sp³-hybridized carbons (Fsp3) is 0.231. The minimum atomic E-state index is -1.00. The van der Waals surface area contributed by atoms with Crippen molar-refractivity contribution >= 4 is 23.6 Å². The van der Waals surface area contributed by atoms with E-state index in [2.05, 4.69) is 0 Å². The summed E-state index contributed by atoms with van der Waals surface area (Å²) in [4.78, 5) is 24.8. The predicted octanol–water partition coefficient (Wildman–Crippen LogP) is 0.383. The summed E-state index contributed by atoms with van der Waals surface area (Å²) >= 11 is 0. The summed E-state index contributed by atoms with van der Waals surface area (Å²) in [6.45, 7) is 0. The van der Waals surface area contributed by atoms with Gasteiger partial charge in [0.15, 0.2) is 0 Å². The van der Waals surface area contributed by atoms with Crippen LogP contribution >= 0.6 is 0 Å². The number of anilines is 1. The van der Waals surface area contributed by atoms with E-state index in [4.69, 9.17) is 5.73 Å². The normalized spacial score (nSPS) is 24.9. The summed E-state index contributed by atoms with van der Waals surface area (Å²) in [5, 5.41) is 9.24. The molecule has 0 bridgehead atoms. The third kappa shape index (κ3) is 1.37. The van der Waals surface area contributed by atoms with Crippen LogP contribution in [0.25, 0.3) is 6.08 Å². The van der Waals surface area contributed by atoms with Crippen molar-refractivity contribution in [3.8, 4) is 0 Å². The van der Waals surface area contributed by atoms with E-state index < -0.39 is 18.1 Å². The molecule has 2 atom stereocenters. The summed E-state index contributed by atoms with van der Waals surface area (Å²) in [6, 6.07) is 3.94. The van der Waals surface area contributed by atoms with Crippen LogP contribution in [0.2, 0.25) is 0 Å². The summed E-state index contributed by atoms with van der Waals surface area (Å²) in [7, 11) is 0. The Morgan fingerprint density at radius 1 is 1.44 bits per heavy atom. The molecule has 0 saturated carbocycles. The van der Waals surface area contributed by atoms with Gasteiger partial charge in [0.1, 0.15) is 12.1 Å². The number of benzene rings is 1. The average Bonchev–Trinajstić information content (AvgIpc) is 2.69. The van der Waals surface area contributed by atoms with Crippen LogP contribution in [-0.2, 0) is 16.0 Å². The SMILES string of the molecule is N[C@H]1C=Cc2cccc3c2N(C1=O)[C@H](C(=O)O)C3. The standard InChI is InChI=1S/C13H12N2O3/c14-9-5-4-7-2-1-3-8-6-10(13(17)18)15(11(7)8)12(9)16/h1-5,9-10H,6,14H2,(H,17,18)/t9-,10-/m0/s1. The minimum absolute atomic E-state index is 0.338. The minimum Gasteiger partial charge on any atom is -0.480 e. The summed E-state index contributed by atoms with van der Waals surface area (Å²) in [5.74, 6) is -1.36.